The lowest BCUT2D eigenvalue weighted by Crippen LogP contribution is -2.37. The Labute approximate surface area is 93.5 Å². The maximum absolute atomic E-state index is 5.90. The lowest BCUT2D eigenvalue weighted by Gasteiger charge is -2.30. The van der Waals surface area contributed by atoms with Crippen LogP contribution in [-0.2, 0) is 0 Å². The van der Waals surface area contributed by atoms with Crippen LogP contribution >= 0.6 is 0 Å². The number of nitrogens with zero attached hydrogens (tertiary/aromatic N) is 1. The third kappa shape index (κ3) is 2.43. The average molecular weight is 208 g/mol. The second kappa shape index (κ2) is 4.67. The summed E-state index contributed by atoms with van der Waals surface area (Å²) in [5, 5.41) is 0. The van der Waals surface area contributed by atoms with E-state index in [0.717, 1.165) is 18.5 Å². The zero-order chi connectivity index (χ0) is 10.8. The van der Waals surface area contributed by atoms with Gasteiger partial charge in [-0.05, 0) is 38.5 Å². The summed E-state index contributed by atoms with van der Waals surface area (Å²) in [7, 11) is 0. The molecule has 4 atom stereocenters. The van der Waals surface area contributed by atoms with Gasteiger partial charge in [0.05, 0.1) is 0 Å². The molecule has 15 heavy (non-hydrogen) atoms. The Morgan fingerprint density at radius 2 is 2.13 bits per heavy atom. The van der Waals surface area contributed by atoms with Crippen LogP contribution in [0.25, 0.3) is 0 Å². The predicted molar refractivity (Wildman–Crippen MR) is 64.7 cm³/mol. The van der Waals surface area contributed by atoms with E-state index in [1.54, 1.807) is 0 Å². The van der Waals surface area contributed by atoms with Gasteiger partial charge in [-0.15, -0.1) is 0 Å². The molecule has 1 fully saturated rings. The second-order valence-electron chi connectivity index (χ2n) is 5.23. The number of likely N-dealkylation sites (tertiary alicyclic amines) is 1. The van der Waals surface area contributed by atoms with Crippen LogP contribution in [0.2, 0.25) is 0 Å². The molecule has 0 aromatic heterocycles. The number of nitrogens with two attached hydrogens (primary N) is 1. The minimum Gasteiger partial charge on any atom is -0.324 e. The lowest BCUT2D eigenvalue weighted by atomic mass is 10.1. The van der Waals surface area contributed by atoms with Gasteiger partial charge in [-0.1, -0.05) is 19.1 Å². The van der Waals surface area contributed by atoms with Crippen LogP contribution < -0.4 is 5.73 Å². The molecule has 0 saturated carbocycles. The highest BCUT2D eigenvalue weighted by molar-refractivity contribution is 5.06. The molecule has 4 unspecified atom stereocenters. The highest BCUT2D eigenvalue weighted by Gasteiger charge is 2.31. The average Bonchev–Trinajstić information content (AvgIpc) is 2.76. The van der Waals surface area contributed by atoms with Gasteiger partial charge in [-0.25, -0.2) is 0 Å². The van der Waals surface area contributed by atoms with Crippen molar-refractivity contribution in [3.05, 3.63) is 12.2 Å². The summed E-state index contributed by atoms with van der Waals surface area (Å²) >= 11 is 0. The van der Waals surface area contributed by atoms with Crippen molar-refractivity contribution in [2.45, 2.75) is 57.7 Å². The first-order chi connectivity index (χ1) is 7.20. The SMILES string of the molecule is CCC1CCC(C)N1CC1C=CC(N)C1. The third-order valence-electron chi connectivity index (χ3n) is 4.07. The van der Waals surface area contributed by atoms with E-state index in [1.807, 2.05) is 0 Å². The summed E-state index contributed by atoms with van der Waals surface area (Å²) in [6.07, 6.45) is 9.71. The summed E-state index contributed by atoms with van der Waals surface area (Å²) in [4.78, 5) is 2.70. The fourth-order valence-corrected chi connectivity index (χ4v) is 3.11. The molecule has 1 heterocycles. The molecular formula is C13H24N2. The van der Waals surface area contributed by atoms with Crippen molar-refractivity contribution in [3.8, 4) is 0 Å². The van der Waals surface area contributed by atoms with Crippen molar-refractivity contribution < 1.29 is 0 Å². The van der Waals surface area contributed by atoms with Gasteiger partial charge in [0.15, 0.2) is 0 Å². The molecule has 2 aliphatic rings. The van der Waals surface area contributed by atoms with Crippen LogP contribution in [0.15, 0.2) is 12.2 Å². The molecular weight excluding hydrogens is 184 g/mol. The maximum Gasteiger partial charge on any atom is 0.0229 e. The van der Waals surface area contributed by atoms with Crippen molar-refractivity contribution in [2.75, 3.05) is 6.54 Å². The number of rotatable bonds is 3. The van der Waals surface area contributed by atoms with E-state index in [4.69, 9.17) is 5.73 Å². The predicted octanol–water partition coefficient (Wildman–Crippen LogP) is 2.15. The standard InChI is InChI=1S/C13H24N2/c1-3-13-7-4-10(2)15(13)9-11-5-6-12(14)8-11/h5-6,10-13H,3-4,7-9,14H2,1-2H3. The van der Waals surface area contributed by atoms with Crippen LogP contribution in [0.4, 0.5) is 0 Å². The molecule has 1 aliphatic carbocycles. The van der Waals surface area contributed by atoms with Crippen molar-refractivity contribution in [1.29, 1.82) is 0 Å². The van der Waals surface area contributed by atoms with Crippen molar-refractivity contribution in [1.82, 2.24) is 4.90 Å². The van der Waals surface area contributed by atoms with E-state index in [1.165, 1.54) is 25.8 Å². The monoisotopic (exact) mass is 208 g/mol. The van der Waals surface area contributed by atoms with Crippen LogP contribution in [0.1, 0.15) is 39.5 Å². The molecule has 0 spiro atoms. The zero-order valence-corrected chi connectivity index (χ0v) is 10.0. The van der Waals surface area contributed by atoms with Gasteiger partial charge < -0.3 is 5.73 Å². The van der Waals surface area contributed by atoms with Crippen molar-refractivity contribution in [2.24, 2.45) is 11.7 Å². The fourth-order valence-electron chi connectivity index (χ4n) is 3.11. The summed E-state index contributed by atoms with van der Waals surface area (Å²) in [5.74, 6) is 0.703. The smallest absolute Gasteiger partial charge is 0.0229 e. The Morgan fingerprint density at radius 1 is 1.33 bits per heavy atom. The van der Waals surface area contributed by atoms with Crippen LogP contribution in [-0.4, -0.2) is 29.6 Å². The third-order valence-corrected chi connectivity index (χ3v) is 4.07. The summed E-state index contributed by atoms with van der Waals surface area (Å²) < 4.78 is 0. The minimum atomic E-state index is 0.313. The van der Waals surface area contributed by atoms with Gasteiger partial charge in [-0.3, -0.25) is 4.90 Å². The van der Waals surface area contributed by atoms with E-state index in [-0.39, 0.29) is 0 Å². The summed E-state index contributed by atoms with van der Waals surface area (Å²) in [5.41, 5.74) is 5.90. The molecule has 86 valence electrons. The Balaban J connectivity index is 1.90. The Kier molecular flexibility index (Phi) is 3.47. The second-order valence-corrected chi connectivity index (χ2v) is 5.23. The molecule has 0 amide bonds. The van der Waals surface area contributed by atoms with Gasteiger partial charge >= 0.3 is 0 Å². The molecule has 0 bridgehead atoms. The van der Waals surface area contributed by atoms with E-state index in [0.29, 0.717) is 12.0 Å². The zero-order valence-electron chi connectivity index (χ0n) is 10.0. The molecule has 1 aliphatic heterocycles. The lowest BCUT2D eigenvalue weighted by molar-refractivity contribution is 0.178. The molecule has 0 radical (unpaired) electrons. The summed E-state index contributed by atoms with van der Waals surface area (Å²) in [6, 6.07) is 1.92. The van der Waals surface area contributed by atoms with Crippen LogP contribution in [0, 0.1) is 5.92 Å². The molecule has 2 N–H and O–H groups in total. The first-order valence-electron chi connectivity index (χ1n) is 6.40. The largest absolute Gasteiger partial charge is 0.324 e. The van der Waals surface area contributed by atoms with Gasteiger partial charge in [-0.2, -0.15) is 0 Å². The molecule has 2 heteroatoms. The van der Waals surface area contributed by atoms with Crippen LogP contribution in [0.5, 0.6) is 0 Å². The molecule has 0 aromatic rings. The Hall–Kier alpha value is -0.340. The van der Waals surface area contributed by atoms with E-state index in [9.17, 15) is 0 Å². The van der Waals surface area contributed by atoms with Gasteiger partial charge in [0, 0.05) is 24.7 Å². The highest BCUT2D eigenvalue weighted by atomic mass is 15.2. The van der Waals surface area contributed by atoms with Gasteiger partial charge in [0.1, 0.15) is 0 Å². The van der Waals surface area contributed by atoms with E-state index < -0.39 is 0 Å². The van der Waals surface area contributed by atoms with Crippen LogP contribution in [0.3, 0.4) is 0 Å². The van der Waals surface area contributed by atoms with Gasteiger partial charge in [0.2, 0.25) is 0 Å². The fraction of sp³-hybridized carbons (Fsp3) is 0.846. The van der Waals surface area contributed by atoms with Crippen molar-refractivity contribution >= 4 is 0 Å². The molecule has 2 nitrogen and oxygen atoms in total. The van der Waals surface area contributed by atoms with Gasteiger partial charge in [0.25, 0.3) is 0 Å². The van der Waals surface area contributed by atoms with Crippen molar-refractivity contribution in [3.63, 3.8) is 0 Å². The Bertz CT molecular complexity index is 237. The summed E-state index contributed by atoms with van der Waals surface area (Å²) in [6.45, 7) is 5.91. The quantitative estimate of drug-likeness (QED) is 0.720. The van der Waals surface area contributed by atoms with E-state index in [2.05, 4.69) is 30.9 Å². The minimum absolute atomic E-state index is 0.313. The van der Waals surface area contributed by atoms with E-state index >= 15 is 0 Å². The normalized spacial score (nSPS) is 41.5. The molecule has 2 rings (SSSR count). The maximum atomic E-state index is 5.90. The highest BCUT2D eigenvalue weighted by Crippen LogP contribution is 2.29. The first kappa shape index (κ1) is 11.2. The Morgan fingerprint density at radius 3 is 2.73 bits per heavy atom. The topological polar surface area (TPSA) is 29.3 Å². The first-order valence-corrected chi connectivity index (χ1v) is 6.40. The molecule has 0 aromatic carbocycles. The number of hydrogen-bond donors (Lipinski definition) is 1. The number of hydrogen-bond acceptors (Lipinski definition) is 2. The molecule has 1 saturated heterocycles.